The number of ether oxygens (including phenoxy) is 1. The lowest BCUT2D eigenvalue weighted by Crippen LogP contribution is -2.19. The fourth-order valence-corrected chi connectivity index (χ4v) is 4.35. The Morgan fingerprint density at radius 2 is 1.65 bits per heavy atom. The normalized spacial score (nSPS) is 16.0. The summed E-state index contributed by atoms with van der Waals surface area (Å²) in [6.45, 7) is 6.88. The maximum absolute atomic E-state index is 12.3. The Labute approximate surface area is 187 Å². The van der Waals surface area contributed by atoms with Crippen LogP contribution in [0.25, 0.3) is 6.08 Å². The molecular formula is C26H24N2O2S. The first-order chi connectivity index (χ1) is 15.0. The number of para-hydroxylation sites is 1. The fourth-order valence-electron chi connectivity index (χ4n) is 3.51. The van der Waals surface area contributed by atoms with Crippen molar-refractivity contribution in [2.24, 2.45) is 4.99 Å². The quantitative estimate of drug-likeness (QED) is 0.501. The molecule has 0 radical (unpaired) electrons. The van der Waals surface area contributed by atoms with Gasteiger partial charge in [-0.15, -0.1) is 0 Å². The van der Waals surface area contributed by atoms with Crippen molar-refractivity contribution in [3.05, 3.63) is 99.5 Å². The Balaban J connectivity index is 1.42. The molecule has 4 nitrogen and oxygen atoms in total. The number of thioether (sulfide) groups is 1. The van der Waals surface area contributed by atoms with Gasteiger partial charge in [0.1, 0.15) is 12.4 Å². The van der Waals surface area contributed by atoms with E-state index in [0.29, 0.717) is 16.7 Å². The van der Waals surface area contributed by atoms with Crippen molar-refractivity contribution in [3.8, 4) is 5.75 Å². The molecule has 0 spiro atoms. The summed E-state index contributed by atoms with van der Waals surface area (Å²) in [7, 11) is 0. The Morgan fingerprint density at radius 1 is 0.968 bits per heavy atom. The van der Waals surface area contributed by atoms with Crippen molar-refractivity contribution in [1.82, 2.24) is 5.32 Å². The number of amidine groups is 1. The van der Waals surface area contributed by atoms with Crippen LogP contribution in [0.15, 0.2) is 76.6 Å². The summed E-state index contributed by atoms with van der Waals surface area (Å²) in [5.74, 6) is 0.668. The highest BCUT2D eigenvalue weighted by Gasteiger charge is 2.23. The van der Waals surface area contributed by atoms with Crippen molar-refractivity contribution in [2.75, 3.05) is 0 Å². The van der Waals surface area contributed by atoms with Crippen LogP contribution in [-0.4, -0.2) is 11.1 Å². The lowest BCUT2D eigenvalue weighted by molar-refractivity contribution is -0.115. The van der Waals surface area contributed by atoms with Gasteiger partial charge in [0.25, 0.3) is 5.91 Å². The molecule has 31 heavy (non-hydrogen) atoms. The summed E-state index contributed by atoms with van der Waals surface area (Å²) in [6.07, 6.45) is 1.87. The van der Waals surface area contributed by atoms with E-state index in [1.54, 1.807) is 0 Å². The summed E-state index contributed by atoms with van der Waals surface area (Å²) in [6, 6.07) is 21.7. The number of aliphatic imine (C=N–C) groups is 1. The molecule has 1 amide bonds. The molecule has 3 aromatic rings. The van der Waals surface area contributed by atoms with E-state index >= 15 is 0 Å². The summed E-state index contributed by atoms with van der Waals surface area (Å²) in [5, 5.41) is 3.41. The van der Waals surface area contributed by atoms with E-state index in [0.717, 1.165) is 17.0 Å². The van der Waals surface area contributed by atoms with Gasteiger partial charge in [0, 0.05) is 0 Å². The molecule has 3 aromatic carbocycles. The highest BCUT2D eigenvalue weighted by atomic mass is 32.2. The van der Waals surface area contributed by atoms with Crippen molar-refractivity contribution in [3.63, 3.8) is 0 Å². The van der Waals surface area contributed by atoms with E-state index in [-0.39, 0.29) is 5.91 Å². The zero-order valence-corrected chi connectivity index (χ0v) is 18.6. The number of amides is 1. The van der Waals surface area contributed by atoms with Crippen LogP contribution in [0.4, 0.5) is 5.69 Å². The van der Waals surface area contributed by atoms with Crippen LogP contribution in [-0.2, 0) is 11.4 Å². The molecular weight excluding hydrogens is 404 g/mol. The third kappa shape index (κ3) is 5.25. The Morgan fingerprint density at radius 3 is 2.32 bits per heavy atom. The SMILES string of the molecule is Cc1cc(C)c(COc2ccc(/C=C3\SC(=Nc4ccccc4)NC3=O)cc2)c(C)c1. The van der Waals surface area contributed by atoms with Gasteiger partial charge in [-0.05, 0) is 85.1 Å². The van der Waals surface area contributed by atoms with Gasteiger partial charge in [-0.1, -0.05) is 48.0 Å². The van der Waals surface area contributed by atoms with Gasteiger partial charge in [-0.2, -0.15) is 0 Å². The highest BCUT2D eigenvalue weighted by molar-refractivity contribution is 8.18. The van der Waals surface area contributed by atoms with Crippen LogP contribution in [0.3, 0.4) is 0 Å². The maximum atomic E-state index is 12.3. The number of nitrogens with one attached hydrogen (secondary N) is 1. The molecule has 1 aliphatic heterocycles. The molecule has 156 valence electrons. The van der Waals surface area contributed by atoms with Gasteiger partial charge in [-0.25, -0.2) is 4.99 Å². The minimum atomic E-state index is -0.134. The van der Waals surface area contributed by atoms with Crippen molar-refractivity contribution in [1.29, 1.82) is 0 Å². The number of nitrogens with zero attached hydrogens (tertiary/aromatic N) is 1. The number of benzene rings is 3. The highest BCUT2D eigenvalue weighted by Crippen LogP contribution is 2.28. The number of hydrogen-bond acceptors (Lipinski definition) is 4. The largest absolute Gasteiger partial charge is 0.489 e. The van der Waals surface area contributed by atoms with Crippen molar-refractivity contribution >= 4 is 34.6 Å². The number of aryl methyl sites for hydroxylation is 3. The first-order valence-electron chi connectivity index (χ1n) is 10.1. The van der Waals surface area contributed by atoms with Gasteiger partial charge in [0.05, 0.1) is 10.6 Å². The standard InChI is InChI=1S/C26H24N2O2S/c1-17-13-18(2)23(19(3)14-17)16-30-22-11-9-20(10-12-22)15-24-25(29)28-26(31-24)27-21-7-5-4-6-8-21/h4-15H,16H2,1-3H3,(H,27,28,29)/b24-15-. The van der Waals surface area contributed by atoms with Gasteiger partial charge < -0.3 is 10.1 Å². The van der Waals surface area contributed by atoms with Gasteiger partial charge >= 0.3 is 0 Å². The second-order valence-corrected chi connectivity index (χ2v) is 8.58. The number of carbonyl (C=O) groups is 1. The van der Waals surface area contributed by atoms with Crippen LogP contribution in [0.1, 0.15) is 27.8 Å². The lowest BCUT2D eigenvalue weighted by atomic mass is 10.0. The molecule has 1 fully saturated rings. The molecule has 5 heteroatoms. The smallest absolute Gasteiger partial charge is 0.264 e. The van der Waals surface area contributed by atoms with Crippen LogP contribution in [0.2, 0.25) is 0 Å². The van der Waals surface area contributed by atoms with E-state index in [1.807, 2.05) is 60.7 Å². The molecule has 0 atom stereocenters. The van der Waals surface area contributed by atoms with E-state index in [2.05, 4.69) is 43.2 Å². The number of rotatable bonds is 5. The first-order valence-corrected chi connectivity index (χ1v) is 10.9. The lowest BCUT2D eigenvalue weighted by Gasteiger charge is -2.13. The summed E-state index contributed by atoms with van der Waals surface area (Å²) in [5.41, 5.74) is 6.73. The molecule has 0 aromatic heterocycles. The molecule has 1 saturated heterocycles. The third-order valence-electron chi connectivity index (χ3n) is 5.04. The molecule has 0 unspecified atom stereocenters. The van der Waals surface area contributed by atoms with Gasteiger partial charge in [-0.3, -0.25) is 4.79 Å². The zero-order chi connectivity index (χ0) is 21.8. The first kappa shape index (κ1) is 20.9. The van der Waals surface area contributed by atoms with Crippen LogP contribution in [0.5, 0.6) is 5.75 Å². The minimum Gasteiger partial charge on any atom is -0.489 e. The summed E-state index contributed by atoms with van der Waals surface area (Å²) in [4.78, 5) is 17.4. The van der Waals surface area contributed by atoms with Crippen LogP contribution < -0.4 is 10.1 Å². The summed E-state index contributed by atoms with van der Waals surface area (Å²) < 4.78 is 6.00. The van der Waals surface area contributed by atoms with Crippen molar-refractivity contribution < 1.29 is 9.53 Å². The maximum Gasteiger partial charge on any atom is 0.264 e. The van der Waals surface area contributed by atoms with Crippen LogP contribution >= 0.6 is 11.8 Å². The Hall–Kier alpha value is -3.31. The number of hydrogen-bond donors (Lipinski definition) is 1. The van der Waals surface area contributed by atoms with E-state index < -0.39 is 0 Å². The minimum absolute atomic E-state index is 0.134. The second kappa shape index (κ2) is 9.23. The van der Waals surface area contributed by atoms with Crippen molar-refractivity contribution in [2.45, 2.75) is 27.4 Å². The molecule has 0 bridgehead atoms. The molecule has 1 heterocycles. The zero-order valence-electron chi connectivity index (χ0n) is 17.8. The molecule has 4 rings (SSSR count). The number of carbonyl (C=O) groups excluding carboxylic acids is 1. The summed E-state index contributed by atoms with van der Waals surface area (Å²) >= 11 is 1.34. The molecule has 0 saturated carbocycles. The predicted molar refractivity (Wildman–Crippen MR) is 129 cm³/mol. The van der Waals surface area contributed by atoms with Gasteiger partial charge in [0.2, 0.25) is 0 Å². The third-order valence-corrected chi connectivity index (χ3v) is 5.95. The van der Waals surface area contributed by atoms with E-state index in [4.69, 9.17) is 4.74 Å². The Bertz CT molecular complexity index is 1140. The monoisotopic (exact) mass is 428 g/mol. The van der Waals surface area contributed by atoms with E-state index in [1.165, 1.54) is 34.0 Å². The molecule has 1 N–H and O–H groups in total. The topological polar surface area (TPSA) is 50.7 Å². The Kier molecular flexibility index (Phi) is 6.23. The predicted octanol–water partition coefficient (Wildman–Crippen LogP) is 6.08. The second-order valence-electron chi connectivity index (χ2n) is 7.55. The van der Waals surface area contributed by atoms with E-state index in [9.17, 15) is 4.79 Å². The fraction of sp³-hybridized carbons (Fsp3) is 0.154. The van der Waals surface area contributed by atoms with Crippen LogP contribution in [0, 0.1) is 20.8 Å². The molecule has 1 aliphatic rings. The average molecular weight is 429 g/mol. The van der Waals surface area contributed by atoms with Gasteiger partial charge in [0.15, 0.2) is 5.17 Å². The molecule has 0 aliphatic carbocycles. The average Bonchev–Trinajstić information content (AvgIpc) is 3.07.